The average molecular weight is 2170 g/mol. The highest BCUT2D eigenvalue weighted by molar-refractivity contribution is 7.96. The summed E-state index contributed by atoms with van der Waals surface area (Å²) in [5, 5.41) is 145. The van der Waals surface area contributed by atoms with E-state index in [1.54, 1.807) is 37.3 Å². The molecule has 3 heterocycles. The normalized spacial score (nSPS) is 11.8. The first-order valence-corrected chi connectivity index (χ1v) is 46.7. The number of hydrogen-bond donors (Lipinski definition) is 22. The van der Waals surface area contributed by atoms with E-state index in [9.17, 15) is 54.2 Å². The lowest BCUT2D eigenvalue weighted by molar-refractivity contribution is -0.432. The molecule has 0 aliphatic carbocycles. The summed E-state index contributed by atoms with van der Waals surface area (Å²) in [4.78, 5) is 35.3. The Kier molecular flexibility index (Phi) is 36.1. The molecule has 0 saturated heterocycles. The van der Waals surface area contributed by atoms with Crippen molar-refractivity contribution in [2.75, 3.05) is 55.3 Å². The summed E-state index contributed by atoms with van der Waals surface area (Å²) in [6, 6.07) is 33.3. The number of anilines is 15. The Balaban J connectivity index is 0.000000284. The molecule has 3 aromatic heterocycles. The highest BCUT2D eigenvalue weighted by Gasteiger charge is 2.28. The van der Waals surface area contributed by atoms with Crippen LogP contribution in [0.1, 0.15) is 11.1 Å². The van der Waals surface area contributed by atoms with Gasteiger partial charge >= 0.3 is 0 Å². The van der Waals surface area contributed by atoms with Gasteiger partial charge < -0.3 is 70.6 Å². The first kappa shape index (κ1) is 106. The van der Waals surface area contributed by atoms with Crippen molar-refractivity contribution in [1.82, 2.24) is 44.9 Å². The van der Waals surface area contributed by atoms with Gasteiger partial charge in [0.1, 0.15) is 61.2 Å². The second kappa shape index (κ2) is 47.6. The second-order valence-corrected chi connectivity index (χ2v) is 36.5. The van der Waals surface area contributed by atoms with Gasteiger partial charge in [-0.05, 0) is 215 Å². The Hall–Kier alpha value is -12.3. The number of nitrogens with one attached hydrogen (secondary N) is 5. The number of aryl methyl sites for hydroxylation is 2. The molecule has 0 amide bonds. The summed E-state index contributed by atoms with van der Waals surface area (Å²) in [5.41, 5.74) is 32.0. The minimum Gasteiger partial charge on any atom is -0.507 e. The van der Waals surface area contributed by atoms with Crippen molar-refractivity contribution in [1.29, 1.82) is 0 Å². The Labute approximate surface area is 821 Å². The minimum atomic E-state index is -5.19. The lowest BCUT2D eigenvalue weighted by Gasteiger charge is -2.15. The van der Waals surface area contributed by atoms with Gasteiger partial charge in [-0.15, -0.1) is 56.7 Å². The molecular formula is C71H57Cl4N25O30S9. The number of aromatic hydroxyl groups is 3. The summed E-state index contributed by atoms with van der Waals surface area (Å²) < 4.78 is 131. The average Bonchev–Trinajstić information content (AvgIpc) is 0.757. The molecule has 0 bridgehead atoms. The summed E-state index contributed by atoms with van der Waals surface area (Å²) in [5.74, 6) is -2.19. The van der Waals surface area contributed by atoms with Crippen LogP contribution in [0.2, 0.25) is 21.1 Å². The fourth-order valence-electron chi connectivity index (χ4n) is 11.8. The zero-order chi connectivity index (χ0) is 100. The SMILES string of the molecule is Cc1ccc(N)c(N)c1.Cc1ccc(Nc2nc(Cl)nc(Nc3ccc(N=Nc4c(N)c(SOOO)cc5cc(SOOO)cc(O)c45)c(SOOO)c3)n2)c(Nc2nc(Cl)nc(Nc3ccc(N=Nc4c(N)c(S(=O)(=O)O)cc5cc(S(=O)(=O)O)cc(O)c45)c(S(=O)(=O)O)c3)n2)c1.Nc1c(SOOO)cc2cc(SOOO)cc(O)c2c1N=Nc1ccc(Nc2nc(Cl)nc(Cl)n2)cc1SOOO. The molecule has 11 aromatic carbocycles. The van der Waals surface area contributed by atoms with Crippen LogP contribution in [-0.4, -0.2) is 131 Å². The van der Waals surface area contributed by atoms with Crippen LogP contribution in [0.25, 0.3) is 32.3 Å². The van der Waals surface area contributed by atoms with Crippen LogP contribution in [-0.2, 0) is 86.6 Å². The van der Waals surface area contributed by atoms with Gasteiger partial charge in [0, 0.05) is 32.9 Å². The van der Waals surface area contributed by atoms with Crippen molar-refractivity contribution in [3.8, 4) is 17.2 Å². The van der Waals surface area contributed by atoms with E-state index >= 15 is 0 Å². The molecule has 0 aliphatic heterocycles. The molecule has 0 fully saturated rings. The highest BCUT2D eigenvalue weighted by Crippen LogP contribution is 2.51. The topological polar surface area (TPSA) is 836 Å². The molecule has 68 heteroatoms. The molecule has 0 aliphatic rings. The van der Waals surface area contributed by atoms with E-state index in [2.05, 4.69) is 154 Å². The number of nitrogens with two attached hydrogens (primary N) is 5. The third-order valence-corrected chi connectivity index (χ3v) is 24.4. The van der Waals surface area contributed by atoms with E-state index in [0.29, 0.717) is 128 Å². The number of phenols is 3. The van der Waals surface area contributed by atoms with Crippen molar-refractivity contribution >= 4 is 302 Å². The maximum atomic E-state index is 12.8. The first-order valence-electron chi connectivity index (χ1n) is 36.5. The predicted molar refractivity (Wildman–Crippen MR) is 502 cm³/mol. The monoisotopic (exact) mass is 2170 g/mol. The largest absolute Gasteiger partial charge is 0.507 e. The molecule has 728 valence electrons. The fourth-order valence-corrected chi connectivity index (χ4v) is 17.1. The first-order chi connectivity index (χ1) is 66.2. The van der Waals surface area contributed by atoms with E-state index in [0.717, 1.165) is 29.3 Å². The molecule has 14 rings (SSSR count). The van der Waals surface area contributed by atoms with Crippen LogP contribution < -0.4 is 55.3 Å². The molecule has 0 spiro atoms. The number of aromatic nitrogens is 9. The number of fused-ring (bicyclic) bond motifs is 3. The van der Waals surface area contributed by atoms with Gasteiger partial charge in [-0.3, -0.25) is 13.7 Å². The number of azo groups is 3. The number of nitrogen functional groups attached to an aromatic ring is 5. The third kappa shape index (κ3) is 28.1. The van der Waals surface area contributed by atoms with Gasteiger partial charge in [-0.25, -0.2) is 31.5 Å². The van der Waals surface area contributed by atoms with Gasteiger partial charge in [-0.1, -0.05) is 42.4 Å². The van der Waals surface area contributed by atoms with E-state index < -0.39 is 78.6 Å². The quantitative estimate of drug-likeness (QED) is 0.00429. The van der Waals surface area contributed by atoms with Crippen molar-refractivity contribution < 1.29 is 142 Å². The number of rotatable bonds is 37. The lowest BCUT2D eigenvalue weighted by atomic mass is 10.1. The Morgan fingerprint density at radius 2 is 0.683 bits per heavy atom. The van der Waals surface area contributed by atoms with Gasteiger partial charge in [0.25, 0.3) is 30.4 Å². The van der Waals surface area contributed by atoms with Gasteiger partial charge in [0.05, 0.1) is 153 Å². The van der Waals surface area contributed by atoms with E-state index in [4.69, 9.17) is 111 Å². The molecule has 27 N–H and O–H groups in total. The minimum absolute atomic E-state index is 0.0000285. The second-order valence-electron chi connectivity index (χ2n) is 26.5. The van der Waals surface area contributed by atoms with Crippen LogP contribution in [0.3, 0.4) is 0 Å². The van der Waals surface area contributed by atoms with E-state index in [-0.39, 0.29) is 143 Å². The Morgan fingerprint density at radius 3 is 1.11 bits per heavy atom. The number of hydrogen-bond acceptors (Lipinski definition) is 58. The van der Waals surface area contributed by atoms with Crippen LogP contribution in [0.15, 0.2) is 220 Å². The standard InChI is InChI=1S/C45H34Cl2N16O20S6.C19H13Cl2N7O10S3.C7H10N2/c1-17-2-5-24(52-44-56-40(46)54-42(58-44)50-20-3-6-25(30(13-20)85-82-79-67)60-62-38-34-18(11-31(36(38)48)86-83-80-68)9-22(15-28(34)64)84-81-78-66)27(8-17)53-45-57-41(47)55-43(59-45)51-21-4-7-26(32(14-21)88(72,73)74)61-63-39-35-19(12-33(37(39)49)89(75,76)77)10-23(16-29(35)65)87(69,70)71;20-17-24-18(21)26-19(25-17)23-8-1-2-10(12(5-8)40-37-34-31)27-28-16-14-7(4-13(15(16)22)41-38-35-32)3-9(6-11(14)29)39-36-33-30;1-5-2-3-6(8)7(9)4-5/h2-16,64-68H,48-49H2,1H3,(H,69,70,71)(H,72,73,74)(H,75,76,77)(H2,50,52,54,56,58)(H2,51,53,55,57,59);1-6,29-32H,22H2,(H,23,24,25,26);2-4H,8-9H2,1H3. The molecular weight excluding hydrogens is 2110 g/mol. The molecule has 14 aromatic rings. The van der Waals surface area contributed by atoms with Crippen LogP contribution in [0.4, 0.5) is 121 Å². The van der Waals surface area contributed by atoms with Gasteiger partial charge in [0.15, 0.2) is 0 Å². The van der Waals surface area contributed by atoms with Crippen molar-refractivity contribution in [3.63, 3.8) is 0 Å². The zero-order valence-electron chi connectivity index (χ0n) is 68.4. The summed E-state index contributed by atoms with van der Waals surface area (Å²) in [7, 11) is -15.3. The number of benzene rings is 11. The number of halogens is 4. The highest BCUT2D eigenvalue weighted by atomic mass is 35.5. The molecule has 55 nitrogen and oxygen atoms in total. The Morgan fingerprint density at radius 1 is 0.324 bits per heavy atom. The van der Waals surface area contributed by atoms with E-state index in [1.165, 1.54) is 66.7 Å². The van der Waals surface area contributed by atoms with Crippen LogP contribution in [0, 0.1) is 13.8 Å². The third-order valence-electron chi connectivity index (χ3n) is 17.4. The number of nitrogens with zero attached hydrogens (tertiary/aromatic N) is 15. The van der Waals surface area contributed by atoms with Crippen LogP contribution >= 0.6 is 119 Å². The maximum Gasteiger partial charge on any atom is 0.296 e. The van der Waals surface area contributed by atoms with E-state index in [1.807, 2.05) is 25.1 Å². The zero-order valence-corrected chi connectivity index (χ0v) is 78.7. The summed E-state index contributed by atoms with van der Waals surface area (Å²) >= 11 is 27.6. The molecule has 0 saturated carbocycles. The summed E-state index contributed by atoms with van der Waals surface area (Å²) in [6.07, 6.45) is 0. The number of phenolic OH excluding ortho intramolecular Hbond substituents is 3. The van der Waals surface area contributed by atoms with Crippen molar-refractivity contribution in [2.45, 2.75) is 57.9 Å². The maximum absolute atomic E-state index is 12.8. The molecule has 0 unspecified atom stereocenters. The summed E-state index contributed by atoms with van der Waals surface area (Å²) in [6.45, 7) is 3.75. The van der Waals surface area contributed by atoms with Gasteiger partial charge in [-0.2, -0.15) is 70.1 Å². The predicted octanol–water partition coefficient (Wildman–Crippen LogP) is 19.6. The smallest absolute Gasteiger partial charge is 0.296 e. The van der Waals surface area contributed by atoms with Crippen molar-refractivity contribution in [2.24, 2.45) is 30.7 Å². The molecule has 139 heavy (non-hydrogen) atoms. The van der Waals surface area contributed by atoms with Crippen molar-refractivity contribution in [3.05, 3.63) is 178 Å². The Bertz CT molecular complexity index is 7460. The van der Waals surface area contributed by atoms with Crippen LogP contribution in [0.5, 0.6) is 17.2 Å². The lowest BCUT2D eigenvalue weighted by Crippen LogP contribution is -2.07. The molecule has 0 atom stereocenters. The van der Waals surface area contributed by atoms with Gasteiger partial charge in [0.2, 0.25) is 50.9 Å². The molecule has 0 radical (unpaired) electrons. The fraction of sp³-hybridized carbons (Fsp3) is 0.0282.